The molecule has 4 aromatic rings. The molecule has 0 spiro atoms. The van der Waals surface area contributed by atoms with Gasteiger partial charge in [0, 0.05) is 31.7 Å². The van der Waals surface area contributed by atoms with E-state index >= 15 is 0 Å². The lowest BCUT2D eigenvalue weighted by Crippen LogP contribution is -2.39. The van der Waals surface area contributed by atoms with Crippen molar-refractivity contribution in [1.29, 1.82) is 0 Å². The van der Waals surface area contributed by atoms with Crippen molar-refractivity contribution < 1.29 is 14.6 Å². The lowest BCUT2D eigenvalue weighted by Gasteiger charge is -2.31. The number of halogens is 2. The highest BCUT2D eigenvalue weighted by molar-refractivity contribution is 6.37. The molecule has 1 aliphatic rings. The SMILES string of the molecule is O=C(Nc1ccccc1-c1ccccc1)OC1CCN(CCc2ccc(CCNCc3cc(Cl)c(O)c(Cl)c3)cc2)CC1. The van der Waals surface area contributed by atoms with Gasteiger partial charge < -0.3 is 20.1 Å². The molecule has 8 heteroatoms. The highest BCUT2D eigenvalue weighted by Crippen LogP contribution is 2.32. The summed E-state index contributed by atoms with van der Waals surface area (Å²) in [6.45, 7) is 4.28. The van der Waals surface area contributed by atoms with E-state index in [4.69, 9.17) is 27.9 Å². The number of carbonyl (C=O) groups is 1. The number of amides is 1. The molecule has 1 fully saturated rings. The van der Waals surface area contributed by atoms with Crippen molar-refractivity contribution in [2.75, 3.05) is 31.5 Å². The van der Waals surface area contributed by atoms with Crippen LogP contribution in [0, 0.1) is 0 Å². The van der Waals surface area contributed by atoms with Crippen LogP contribution in [0.1, 0.15) is 29.5 Å². The Hall–Kier alpha value is -3.55. The second-order valence-electron chi connectivity index (χ2n) is 10.9. The summed E-state index contributed by atoms with van der Waals surface area (Å²) in [5, 5.41) is 16.6. The summed E-state index contributed by atoms with van der Waals surface area (Å²) in [5.74, 6) is -0.0767. The lowest BCUT2D eigenvalue weighted by atomic mass is 10.0. The van der Waals surface area contributed by atoms with Crippen LogP contribution >= 0.6 is 23.2 Å². The standard InChI is InChI=1S/C35H37Cl2N3O3/c36-31-22-27(23-32(37)34(31)41)24-38-18-14-25-10-12-26(13-11-25)15-19-40-20-16-29(17-21-40)43-35(42)39-33-9-5-4-8-30(33)28-6-2-1-3-7-28/h1-13,22-23,29,38,41H,14-21,24H2,(H,39,42). The van der Waals surface area contributed by atoms with Crippen LogP contribution < -0.4 is 10.6 Å². The van der Waals surface area contributed by atoms with E-state index < -0.39 is 6.09 Å². The normalized spacial score (nSPS) is 14.0. The van der Waals surface area contributed by atoms with E-state index in [0.29, 0.717) is 6.54 Å². The number of likely N-dealkylation sites (tertiary alicyclic amines) is 1. The number of para-hydroxylation sites is 1. The number of nitrogens with zero attached hydrogens (tertiary/aromatic N) is 1. The Morgan fingerprint density at radius 3 is 2.16 bits per heavy atom. The minimum absolute atomic E-state index is 0.0731. The zero-order valence-electron chi connectivity index (χ0n) is 24.1. The smallest absolute Gasteiger partial charge is 0.411 e. The molecule has 1 amide bonds. The molecule has 1 aliphatic heterocycles. The number of rotatable bonds is 11. The average Bonchev–Trinajstić information content (AvgIpc) is 3.03. The molecule has 0 aliphatic carbocycles. The van der Waals surface area contributed by atoms with E-state index in [-0.39, 0.29) is 21.9 Å². The number of carbonyl (C=O) groups excluding carboxylic acids is 1. The topological polar surface area (TPSA) is 73.8 Å². The van der Waals surface area contributed by atoms with Crippen LogP contribution in [0.2, 0.25) is 10.0 Å². The van der Waals surface area contributed by atoms with Crippen LogP contribution in [0.4, 0.5) is 10.5 Å². The first kappa shape index (κ1) is 30.9. The van der Waals surface area contributed by atoms with Gasteiger partial charge in [-0.15, -0.1) is 0 Å². The number of hydrogen-bond donors (Lipinski definition) is 3. The van der Waals surface area contributed by atoms with Gasteiger partial charge in [-0.2, -0.15) is 0 Å². The highest BCUT2D eigenvalue weighted by atomic mass is 35.5. The average molecular weight is 619 g/mol. The predicted octanol–water partition coefficient (Wildman–Crippen LogP) is 7.95. The summed E-state index contributed by atoms with van der Waals surface area (Å²) >= 11 is 12.0. The zero-order valence-corrected chi connectivity index (χ0v) is 25.6. The summed E-state index contributed by atoms with van der Waals surface area (Å²) in [5.41, 5.74) is 6.31. The molecule has 0 atom stereocenters. The molecule has 224 valence electrons. The second kappa shape index (κ2) is 15.3. The van der Waals surface area contributed by atoms with Gasteiger partial charge in [0.15, 0.2) is 5.75 Å². The maximum atomic E-state index is 12.7. The van der Waals surface area contributed by atoms with E-state index in [0.717, 1.165) is 74.2 Å². The third-order valence-corrected chi connectivity index (χ3v) is 8.37. The molecule has 6 nitrogen and oxygen atoms in total. The van der Waals surface area contributed by atoms with Gasteiger partial charge in [0.2, 0.25) is 0 Å². The second-order valence-corrected chi connectivity index (χ2v) is 11.7. The maximum Gasteiger partial charge on any atom is 0.411 e. The Balaban J connectivity index is 0.990. The Kier molecular flexibility index (Phi) is 11.0. The molecule has 1 heterocycles. The van der Waals surface area contributed by atoms with Crippen LogP contribution in [0.15, 0.2) is 91.0 Å². The van der Waals surface area contributed by atoms with Crippen molar-refractivity contribution in [2.24, 2.45) is 0 Å². The van der Waals surface area contributed by atoms with E-state index in [2.05, 4.69) is 39.8 Å². The number of benzene rings is 4. The first-order valence-corrected chi connectivity index (χ1v) is 15.5. The van der Waals surface area contributed by atoms with Crippen molar-refractivity contribution in [2.45, 2.75) is 38.3 Å². The van der Waals surface area contributed by atoms with Crippen LogP contribution in [-0.4, -0.2) is 48.4 Å². The minimum Gasteiger partial charge on any atom is -0.505 e. The van der Waals surface area contributed by atoms with Crippen LogP contribution in [-0.2, 0) is 24.1 Å². The van der Waals surface area contributed by atoms with Crippen molar-refractivity contribution in [3.05, 3.63) is 118 Å². The van der Waals surface area contributed by atoms with Crippen LogP contribution in [0.5, 0.6) is 5.75 Å². The first-order chi connectivity index (χ1) is 20.9. The van der Waals surface area contributed by atoms with Gasteiger partial charge in [0.05, 0.1) is 15.7 Å². The van der Waals surface area contributed by atoms with E-state index in [1.54, 1.807) is 12.1 Å². The third kappa shape index (κ3) is 8.97. The van der Waals surface area contributed by atoms with Crippen molar-refractivity contribution in [3.63, 3.8) is 0 Å². The molecule has 0 unspecified atom stereocenters. The summed E-state index contributed by atoms with van der Waals surface area (Å²) in [4.78, 5) is 15.1. The first-order valence-electron chi connectivity index (χ1n) is 14.7. The highest BCUT2D eigenvalue weighted by Gasteiger charge is 2.22. The molecule has 1 saturated heterocycles. The molecule has 5 rings (SSSR count). The number of phenols is 1. The Bertz CT molecular complexity index is 1470. The molecule has 0 aromatic heterocycles. The number of anilines is 1. The van der Waals surface area contributed by atoms with Crippen molar-refractivity contribution >= 4 is 35.0 Å². The summed E-state index contributed by atoms with van der Waals surface area (Å²) < 4.78 is 5.79. The quantitative estimate of drug-likeness (QED) is 0.149. The summed E-state index contributed by atoms with van der Waals surface area (Å²) in [6, 6.07) is 30.1. The predicted molar refractivity (Wildman–Crippen MR) is 175 cm³/mol. The number of nitrogens with one attached hydrogen (secondary N) is 2. The maximum absolute atomic E-state index is 12.7. The fourth-order valence-corrected chi connectivity index (χ4v) is 5.88. The van der Waals surface area contributed by atoms with Crippen molar-refractivity contribution in [1.82, 2.24) is 10.2 Å². The Labute approximate surface area is 263 Å². The number of ether oxygens (including phenoxy) is 1. The van der Waals surface area contributed by atoms with E-state index in [1.807, 2.05) is 54.6 Å². The molecular weight excluding hydrogens is 581 g/mol. The fraction of sp³-hybridized carbons (Fsp3) is 0.286. The zero-order chi connectivity index (χ0) is 30.0. The third-order valence-electron chi connectivity index (χ3n) is 7.79. The number of hydrogen-bond acceptors (Lipinski definition) is 5. The van der Waals surface area contributed by atoms with E-state index in [9.17, 15) is 9.90 Å². The monoisotopic (exact) mass is 617 g/mol. The molecule has 43 heavy (non-hydrogen) atoms. The minimum atomic E-state index is -0.397. The van der Waals surface area contributed by atoms with E-state index in [1.165, 1.54) is 11.1 Å². The largest absolute Gasteiger partial charge is 0.505 e. The molecule has 0 bridgehead atoms. The van der Waals surface area contributed by atoms with Gasteiger partial charge in [0.25, 0.3) is 0 Å². The Morgan fingerprint density at radius 2 is 1.47 bits per heavy atom. The molecular formula is C35H37Cl2N3O3. The van der Waals surface area contributed by atoms with Gasteiger partial charge in [-0.05, 0) is 72.7 Å². The number of aromatic hydroxyl groups is 1. The molecule has 0 radical (unpaired) electrons. The van der Waals surface area contributed by atoms with Crippen LogP contribution in [0.3, 0.4) is 0 Å². The number of piperidine rings is 1. The van der Waals surface area contributed by atoms with Gasteiger partial charge in [0.1, 0.15) is 6.10 Å². The van der Waals surface area contributed by atoms with Crippen molar-refractivity contribution in [3.8, 4) is 16.9 Å². The molecule has 4 aromatic carbocycles. The summed E-state index contributed by atoms with van der Waals surface area (Å²) in [7, 11) is 0. The van der Waals surface area contributed by atoms with Gasteiger partial charge in [-0.25, -0.2) is 4.79 Å². The van der Waals surface area contributed by atoms with Gasteiger partial charge >= 0.3 is 6.09 Å². The summed E-state index contributed by atoms with van der Waals surface area (Å²) in [6.07, 6.45) is 3.11. The Morgan fingerprint density at radius 1 is 0.837 bits per heavy atom. The molecule has 0 saturated carbocycles. The molecule has 3 N–H and O–H groups in total. The fourth-order valence-electron chi connectivity index (χ4n) is 5.35. The van der Waals surface area contributed by atoms with Gasteiger partial charge in [-0.3, -0.25) is 5.32 Å². The van der Waals surface area contributed by atoms with Gasteiger partial charge in [-0.1, -0.05) is 96.0 Å². The lowest BCUT2D eigenvalue weighted by molar-refractivity contribution is 0.0593. The number of phenolic OH excluding ortho intramolecular Hbond substituents is 1. The van der Waals surface area contributed by atoms with Crippen LogP contribution in [0.25, 0.3) is 11.1 Å².